The van der Waals surface area contributed by atoms with Crippen molar-refractivity contribution >= 4 is 25.4 Å². The van der Waals surface area contributed by atoms with Crippen LogP contribution < -0.4 is 29.6 Å². The van der Waals surface area contributed by atoms with Gasteiger partial charge >= 0.3 is 43.3 Å². The smallest absolute Gasteiger partial charge is 1.00 e. The van der Waals surface area contributed by atoms with Gasteiger partial charge in [-0.25, -0.2) is 4.57 Å². The van der Waals surface area contributed by atoms with Crippen LogP contribution in [0.4, 0.5) is 0 Å². The van der Waals surface area contributed by atoms with Crippen molar-refractivity contribution < 1.29 is 84.3 Å². The molecule has 4 aliphatic carbocycles. The van der Waals surface area contributed by atoms with Gasteiger partial charge in [0.1, 0.15) is 18.0 Å². The van der Waals surface area contributed by atoms with Gasteiger partial charge in [0.05, 0.1) is 18.1 Å². The molecule has 0 aromatic rings. The summed E-state index contributed by atoms with van der Waals surface area (Å²) < 4.78 is 20.9. The number of hydrogen-bond acceptors (Lipinski definition) is 9. The van der Waals surface area contributed by atoms with Crippen LogP contribution in [0.2, 0.25) is 0 Å². The number of rotatable bonds is 9. The van der Waals surface area contributed by atoms with Crippen LogP contribution in [0.5, 0.6) is 0 Å². The first-order valence-electron chi connectivity index (χ1n) is 13.1. The van der Waals surface area contributed by atoms with Gasteiger partial charge in [0.15, 0.2) is 11.6 Å². The fourth-order valence-electron chi connectivity index (χ4n) is 7.86. The number of hydrogen-bond donors (Lipinski definition) is 5. The number of carbonyl (C=O) groups is 3. The summed E-state index contributed by atoms with van der Waals surface area (Å²) in [6.07, 6.45) is 4.32. The number of phosphoric acid groups is 1. The van der Waals surface area contributed by atoms with Crippen molar-refractivity contribution in [2.75, 3.05) is 13.2 Å². The summed E-state index contributed by atoms with van der Waals surface area (Å²) in [5, 5.41) is 32.4. The Labute approximate surface area is 251 Å². The molecule has 4 rings (SSSR count). The van der Waals surface area contributed by atoms with Gasteiger partial charge in [0.2, 0.25) is 0 Å². The van der Waals surface area contributed by atoms with E-state index in [1.165, 1.54) is 12.2 Å². The fraction of sp³-hybridized carbons (Fsp3) is 0.731. The second-order valence-electron chi connectivity index (χ2n) is 11.5. The van der Waals surface area contributed by atoms with Crippen molar-refractivity contribution in [1.29, 1.82) is 0 Å². The Morgan fingerprint density at radius 2 is 1.87 bits per heavy atom. The molecule has 0 spiro atoms. The van der Waals surface area contributed by atoms with Crippen molar-refractivity contribution in [1.82, 2.24) is 0 Å². The Balaban J connectivity index is 0.00000280. The molecule has 214 valence electrons. The molecule has 0 radical (unpaired) electrons. The maximum Gasteiger partial charge on any atom is 1.00 e. The van der Waals surface area contributed by atoms with Crippen molar-refractivity contribution in [3.05, 3.63) is 23.5 Å². The molecule has 0 aliphatic heterocycles. The van der Waals surface area contributed by atoms with E-state index < -0.39 is 54.6 Å². The molecule has 7 atom stereocenters. The first-order chi connectivity index (χ1) is 17.7. The molecule has 3 saturated carbocycles. The summed E-state index contributed by atoms with van der Waals surface area (Å²) in [7, 11) is -4.58. The minimum Gasteiger partial charge on any atom is -1.00 e. The van der Waals surface area contributed by atoms with E-state index in [1.54, 1.807) is 0 Å². The van der Waals surface area contributed by atoms with E-state index in [9.17, 15) is 34.3 Å². The van der Waals surface area contributed by atoms with E-state index >= 15 is 0 Å². The first-order valence-corrected chi connectivity index (χ1v) is 14.6. The molecule has 0 aromatic carbocycles. The zero-order valence-corrected chi connectivity index (χ0v) is 25.6. The minimum absolute atomic E-state index is 0. The molecule has 11 nitrogen and oxygen atoms in total. The van der Waals surface area contributed by atoms with Gasteiger partial charge < -0.3 is 31.3 Å². The molecule has 0 aromatic heterocycles. The quantitative estimate of drug-likeness (QED) is 0.0957. The van der Waals surface area contributed by atoms with Crippen LogP contribution in [0.15, 0.2) is 23.5 Å². The van der Waals surface area contributed by atoms with Crippen LogP contribution in [-0.2, 0) is 28.2 Å². The summed E-state index contributed by atoms with van der Waals surface area (Å²) >= 11 is 0. The second kappa shape index (κ2) is 11.9. The molecule has 0 bridgehead atoms. The Morgan fingerprint density at radius 3 is 2.51 bits per heavy atom. The van der Waals surface area contributed by atoms with E-state index in [0.717, 1.165) is 5.57 Å². The van der Waals surface area contributed by atoms with Crippen LogP contribution in [0, 0.1) is 28.6 Å². The molecule has 0 heterocycles. The molecular formula is C26H38NaO11P. The predicted molar refractivity (Wildman–Crippen MR) is 133 cm³/mol. The minimum atomic E-state index is -4.58. The zero-order valence-electron chi connectivity index (χ0n) is 23.7. The predicted octanol–water partition coefficient (Wildman–Crippen LogP) is -1.18. The first kappa shape index (κ1) is 32.8. The maximum atomic E-state index is 12.7. The van der Waals surface area contributed by atoms with Gasteiger partial charge in [-0.2, -0.15) is 0 Å². The molecular weight excluding hydrogens is 542 g/mol. The average Bonchev–Trinajstić information content (AvgIpc) is 3.09. The Morgan fingerprint density at radius 1 is 1.18 bits per heavy atom. The van der Waals surface area contributed by atoms with Gasteiger partial charge in [-0.1, -0.05) is 12.5 Å². The summed E-state index contributed by atoms with van der Waals surface area (Å²) in [4.78, 5) is 55.3. The Kier molecular flexibility index (Phi) is 9.98. The number of fused-ring (bicyclic) bond motifs is 5. The number of Topliss-reactive ketones (excluding diaryl/α,β-unsaturated/α-hetero) is 1. The number of esters is 1. The SMILES string of the molecule is C[C@@]12C(=CC(=O)C=C1OC(=O)CCCCOP(=O)(O)O)CC[C@@H]1[C@@H]2[C@@H](O)C[C@@]2(C)[C@H]1CC[C@]2(O)C(=O)CO.[H-].[Na+]. The molecule has 3 fully saturated rings. The van der Waals surface area contributed by atoms with Gasteiger partial charge in [-0.15, -0.1) is 0 Å². The number of allylic oxidation sites excluding steroid dienone is 3. The topological polar surface area (TPSA) is 188 Å². The standard InChI is InChI=1S/C26H37O11P.Na.H/c1-24-13-19(29)23-17(18(24)8-9-26(24,32)20(30)14-27)7-6-15-11-16(28)12-21(25(15,23)2)37-22(31)5-3-4-10-36-38(33,34)35;;/h11-12,17-19,23,27,29,32H,3-10,13-14H2,1-2H3,(H2,33,34,35);;/q;+1;-1/t17-,18-,19-,23+,24-,25+,26-;;/m0../s1. The van der Waals surface area contributed by atoms with Crippen LogP contribution in [0.3, 0.4) is 0 Å². The van der Waals surface area contributed by atoms with E-state index in [2.05, 4.69) is 4.52 Å². The van der Waals surface area contributed by atoms with Gasteiger partial charge in [-0.05, 0) is 69.8 Å². The van der Waals surface area contributed by atoms with Gasteiger partial charge in [0, 0.05) is 23.8 Å². The average molecular weight is 581 g/mol. The second-order valence-corrected chi connectivity index (χ2v) is 12.8. The molecule has 39 heavy (non-hydrogen) atoms. The fourth-order valence-corrected chi connectivity index (χ4v) is 8.23. The Hall–Kier alpha value is -0.720. The molecule has 0 unspecified atom stereocenters. The van der Waals surface area contributed by atoms with E-state index in [4.69, 9.17) is 14.5 Å². The molecule has 5 N–H and O–H groups in total. The third-order valence-electron chi connectivity index (χ3n) is 9.65. The number of aliphatic hydroxyl groups is 3. The number of unbranched alkanes of at least 4 members (excludes halogenated alkanes) is 1. The molecule has 0 amide bonds. The maximum absolute atomic E-state index is 12.7. The Bertz CT molecular complexity index is 1120. The summed E-state index contributed by atoms with van der Waals surface area (Å²) in [5.41, 5.74) is -2.83. The van der Waals surface area contributed by atoms with E-state index in [1.807, 2.05) is 13.8 Å². The van der Waals surface area contributed by atoms with Crippen molar-refractivity contribution in [2.45, 2.75) is 76.9 Å². The van der Waals surface area contributed by atoms with Gasteiger partial charge in [0.25, 0.3) is 0 Å². The third-order valence-corrected chi connectivity index (χ3v) is 10.2. The number of carbonyl (C=O) groups excluding carboxylic acids is 3. The summed E-state index contributed by atoms with van der Waals surface area (Å²) in [6, 6.07) is 0. The molecule has 13 heteroatoms. The largest absolute Gasteiger partial charge is 1.00 e. The van der Waals surface area contributed by atoms with Crippen LogP contribution in [0.1, 0.15) is 66.6 Å². The molecule has 0 saturated heterocycles. The van der Waals surface area contributed by atoms with E-state index in [-0.39, 0.29) is 93.1 Å². The van der Waals surface area contributed by atoms with Gasteiger partial charge in [-0.3, -0.25) is 18.9 Å². The summed E-state index contributed by atoms with van der Waals surface area (Å²) in [5.74, 6) is -2.05. The normalized spacial score (nSPS) is 37.5. The summed E-state index contributed by atoms with van der Waals surface area (Å²) in [6.45, 7) is 2.68. The monoisotopic (exact) mass is 580 g/mol. The number of phosphoric ester groups is 1. The van der Waals surface area contributed by atoms with Crippen LogP contribution in [0.25, 0.3) is 0 Å². The third kappa shape index (κ3) is 5.82. The van der Waals surface area contributed by atoms with Crippen molar-refractivity contribution in [2.24, 2.45) is 28.6 Å². The number of aliphatic hydroxyl groups excluding tert-OH is 2. The number of ether oxygens (including phenoxy) is 1. The van der Waals surface area contributed by atoms with E-state index in [0.29, 0.717) is 19.3 Å². The van der Waals surface area contributed by atoms with Crippen LogP contribution >= 0.6 is 7.82 Å². The van der Waals surface area contributed by atoms with Crippen molar-refractivity contribution in [3.8, 4) is 0 Å². The molecule has 4 aliphatic rings. The van der Waals surface area contributed by atoms with Crippen molar-refractivity contribution in [3.63, 3.8) is 0 Å². The number of ketones is 2. The van der Waals surface area contributed by atoms with Crippen LogP contribution in [-0.4, -0.2) is 67.6 Å². The zero-order chi connectivity index (χ0) is 28.1.